The quantitative estimate of drug-likeness (QED) is 0.586. The lowest BCUT2D eigenvalue weighted by atomic mass is 9.99. The van der Waals surface area contributed by atoms with Crippen LogP contribution in [0.2, 0.25) is 0 Å². The summed E-state index contributed by atoms with van der Waals surface area (Å²) in [5.41, 5.74) is 2.72. The van der Waals surface area contributed by atoms with E-state index in [0.29, 0.717) is 35.9 Å². The van der Waals surface area contributed by atoms with E-state index < -0.39 is 16.1 Å². The fourth-order valence-electron chi connectivity index (χ4n) is 3.67. The first-order chi connectivity index (χ1) is 15.4. The number of hydrogen-bond donors (Lipinski definition) is 2. The van der Waals surface area contributed by atoms with Crippen LogP contribution in [-0.2, 0) is 16.4 Å². The van der Waals surface area contributed by atoms with Crippen LogP contribution in [0.5, 0.6) is 11.6 Å². The molecule has 32 heavy (non-hydrogen) atoms. The van der Waals surface area contributed by atoms with Gasteiger partial charge >= 0.3 is 6.03 Å². The lowest BCUT2D eigenvalue weighted by Gasteiger charge is -2.16. The number of benzene rings is 1. The van der Waals surface area contributed by atoms with E-state index in [9.17, 15) is 13.2 Å². The highest BCUT2D eigenvalue weighted by molar-refractivity contribution is 7.90. The summed E-state index contributed by atoms with van der Waals surface area (Å²) in [6.45, 7) is 0.478. The molecule has 3 aromatic rings. The highest BCUT2D eigenvalue weighted by Gasteiger charge is 2.28. The van der Waals surface area contributed by atoms with Crippen LogP contribution < -0.4 is 19.5 Å². The van der Waals surface area contributed by atoms with Gasteiger partial charge in [0, 0.05) is 36.0 Å². The van der Waals surface area contributed by atoms with Crippen LogP contribution in [0.15, 0.2) is 47.8 Å². The molecular formula is C21H21N5O5S. The van der Waals surface area contributed by atoms with E-state index in [4.69, 9.17) is 9.47 Å². The maximum atomic E-state index is 12.7. The number of anilines is 1. The highest BCUT2D eigenvalue weighted by Crippen LogP contribution is 2.40. The zero-order valence-electron chi connectivity index (χ0n) is 17.2. The minimum Gasteiger partial charge on any atom is -0.493 e. The number of ether oxygens (including phenoxy) is 2. The molecule has 2 aromatic heterocycles. The van der Waals surface area contributed by atoms with E-state index in [1.165, 1.54) is 13.2 Å². The number of aromatic nitrogens is 3. The summed E-state index contributed by atoms with van der Waals surface area (Å²) < 4.78 is 39.8. The van der Waals surface area contributed by atoms with Crippen LogP contribution >= 0.6 is 0 Å². The van der Waals surface area contributed by atoms with Crippen molar-refractivity contribution in [1.82, 2.24) is 19.5 Å². The molecule has 0 spiro atoms. The number of sulfonamides is 1. The van der Waals surface area contributed by atoms with E-state index in [-0.39, 0.29) is 11.1 Å². The molecule has 5 rings (SSSR count). The van der Waals surface area contributed by atoms with Gasteiger partial charge in [-0.25, -0.2) is 14.5 Å². The zero-order valence-corrected chi connectivity index (χ0v) is 18.1. The van der Waals surface area contributed by atoms with Crippen LogP contribution in [0, 0.1) is 0 Å². The number of hydrogen-bond acceptors (Lipinski definition) is 7. The first-order valence-electron chi connectivity index (χ1n) is 10.1. The Bertz CT molecular complexity index is 1300. The summed E-state index contributed by atoms with van der Waals surface area (Å²) in [6, 6.07) is 7.89. The number of fused-ring (bicyclic) bond motifs is 1. The number of urea groups is 1. The summed E-state index contributed by atoms with van der Waals surface area (Å²) in [5.74, 6) is 1.07. The summed E-state index contributed by atoms with van der Waals surface area (Å²) in [7, 11) is -2.60. The van der Waals surface area contributed by atoms with Crippen molar-refractivity contribution >= 4 is 21.7 Å². The number of carbonyl (C=O) groups excluding carboxylic acids is 1. The summed E-state index contributed by atoms with van der Waals surface area (Å²) >= 11 is 0. The van der Waals surface area contributed by atoms with Crippen molar-refractivity contribution in [3.05, 3.63) is 48.3 Å². The summed E-state index contributed by atoms with van der Waals surface area (Å²) in [6.07, 6.45) is 5.74. The van der Waals surface area contributed by atoms with E-state index >= 15 is 0 Å². The number of carbonyl (C=O) groups is 1. The maximum Gasteiger partial charge on any atom is 0.333 e. The number of amides is 2. The highest BCUT2D eigenvalue weighted by atomic mass is 32.2. The van der Waals surface area contributed by atoms with Gasteiger partial charge in [-0.2, -0.15) is 13.5 Å². The predicted octanol–water partition coefficient (Wildman–Crippen LogP) is 2.73. The average molecular weight is 455 g/mol. The molecule has 0 unspecified atom stereocenters. The molecule has 1 aliphatic carbocycles. The van der Waals surface area contributed by atoms with Gasteiger partial charge in [-0.3, -0.25) is 4.68 Å². The third kappa shape index (κ3) is 3.86. The molecule has 10 nitrogen and oxygen atoms in total. The molecule has 1 fully saturated rings. The molecule has 0 saturated heterocycles. The molecule has 0 bridgehead atoms. The van der Waals surface area contributed by atoms with Crippen molar-refractivity contribution in [2.24, 2.45) is 0 Å². The molecule has 11 heteroatoms. The molecule has 3 heterocycles. The zero-order chi connectivity index (χ0) is 22.3. The van der Waals surface area contributed by atoms with Crippen LogP contribution in [-0.4, -0.2) is 42.9 Å². The Morgan fingerprint density at radius 2 is 2.09 bits per heavy atom. The Morgan fingerprint density at radius 3 is 2.88 bits per heavy atom. The van der Waals surface area contributed by atoms with Gasteiger partial charge in [-0.1, -0.05) is 0 Å². The molecule has 1 aromatic carbocycles. The Hall–Kier alpha value is -3.60. The fraction of sp³-hybridized carbons (Fsp3) is 0.286. The van der Waals surface area contributed by atoms with Crippen LogP contribution in [0.3, 0.4) is 0 Å². The number of methoxy groups -OCH3 is 1. The van der Waals surface area contributed by atoms with Crippen molar-refractivity contribution in [1.29, 1.82) is 0 Å². The third-order valence-electron chi connectivity index (χ3n) is 5.38. The Labute approximate surface area is 184 Å². The van der Waals surface area contributed by atoms with Crippen molar-refractivity contribution in [2.75, 3.05) is 19.0 Å². The second kappa shape index (κ2) is 7.83. The molecule has 166 valence electrons. The van der Waals surface area contributed by atoms with Gasteiger partial charge in [0.15, 0.2) is 5.03 Å². The number of nitrogens with zero attached hydrogens (tertiary/aromatic N) is 3. The minimum absolute atomic E-state index is 0.194. The molecule has 0 radical (unpaired) electrons. The molecule has 1 saturated carbocycles. The average Bonchev–Trinajstić information content (AvgIpc) is 3.29. The van der Waals surface area contributed by atoms with Crippen LogP contribution in [0.25, 0.3) is 11.1 Å². The molecule has 2 aliphatic rings. The second-order valence-electron chi connectivity index (χ2n) is 7.57. The molecule has 2 N–H and O–H groups in total. The smallest absolute Gasteiger partial charge is 0.333 e. The molecule has 0 atom stereocenters. The van der Waals surface area contributed by atoms with Crippen LogP contribution in [0.1, 0.15) is 24.4 Å². The predicted molar refractivity (Wildman–Crippen MR) is 115 cm³/mol. The molecule has 1 aliphatic heterocycles. The SMILES string of the molecule is COc1cc(-c2ccc3c(c2NC(=O)NS(=O)(=O)c2ccn(C4CC4)n2)CCO3)ccn1. The second-order valence-corrected chi connectivity index (χ2v) is 9.20. The fourth-order valence-corrected chi connectivity index (χ4v) is 4.51. The Morgan fingerprint density at radius 1 is 1.25 bits per heavy atom. The standard InChI is InChI=1S/C21H21N5O5S/c1-30-18-12-13(6-9-22-18)15-4-5-17-16(8-11-31-17)20(15)23-21(27)25-32(28,29)19-7-10-26(24-19)14-2-3-14/h4-7,9-10,12,14H,2-3,8,11H2,1H3,(H2,23,25,27). The summed E-state index contributed by atoms with van der Waals surface area (Å²) in [4.78, 5) is 16.9. The van der Waals surface area contributed by atoms with Gasteiger partial charge < -0.3 is 14.8 Å². The minimum atomic E-state index is -4.12. The monoisotopic (exact) mass is 455 g/mol. The summed E-state index contributed by atoms with van der Waals surface area (Å²) in [5, 5.41) is 6.61. The van der Waals surface area contributed by atoms with Gasteiger partial charge in [0.1, 0.15) is 5.75 Å². The van der Waals surface area contributed by atoms with E-state index in [1.807, 2.05) is 6.07 Å². The molecular weight excluding hydrogens is 434 g/mol. The van der Waals surface area contributed by atoms with Gasteiger partial charge in [0.2, 0.25) is 5.88 Å². The Balaban J connectivity index is 1.43. The van der Waals surface area contributed by atoms with Crippen LogP contribution in [0.4, 0.5) is 10.5 Å². The largest absolute Gasteiger partial charge is 0.493 e. The lowest BCUT2D eigenvalue weighted by Crippen LogP contribution is -2.35. The maximum absolute atomic E-state index is 12.7. The number of nitrogens with one attached hydrogen (secondary N) is 2. The number of rotatable bonds is 6. The first-order valence-corrected chi connectivity index (χ1v) is 11.6. The van der Waals surface area contributed by atoms with Crippen molar-refractivity contribution in [2.45, 2.75) is 30.3 Å². The van der Waals surface area contributed by atoms with Gasteiger partial charge in [-0.05, 0) is 42.7 Å². The van der Waals surface area contributed by atoms with Crippen molar-refractivity contribution in [3.63, 3.8) is 0 Å². The van der Waals surface area contributed by atoms with Crippen molar-refractivity contribution < 1.29 is 22.7 Å². The Kier molecular flexibility index (Phi) is 4.97. The van der Waals surface area contributed by atoms with Crippen molar-refractivity contribution in [3.8, 4) is 22.8 Å². The topological polar surface area (TPSA) is 124 Å². The number of pyridine rings is 1. The van der Waals surface area contributed by atoms with Gasteiger partial charge in [-0.15, -0.1) is 0 Å². The van der Waals surface area contributed by atoms with E-state index in [1.54, 1.807) is 35.3 Å². The third-order valence-corrected chi connectivity index (χ3v) is 6.60. The first kappa shape index (κ1) is 20.3. The van der Waals surface area contributed by atoms with E-state index in [0.717, 1.165) is 24.0 Å². The normalized spacial score (nSPS) is 15.0. The molecule has 2 amide bonds. The van der Waals surface area contributed by atoms with Gasteiger partial charge in [0.05, 0.1) is 25.4 Å². The lowest BCUT2D eigenvalue weighted by molar-refractivity contribution is 0.256. The van der Waals surface area contributed by atoms with Gasteiger partial charge in [0.25, 0.3) is 10.0 Å². The van der Waals surface area contributed by atoms with E-state index in [2.05, 4.69) is 20.1 Å².